The standard InChI is InChI=1S/C14H18N4O2/c1-20-9-8-18-10-15-11-4-5-12(16-13(11)14(18)19)17-6-2-3-7-17/h4-5,10H,2-3,6-9H2,1H3. The van der Waals surface area contributed by atoms with Crippen molar-refractivity contribution < 1.29 is 4.74 Å². The van der Waals surface area contributed by atoms with Crippen molar-refractivity contribution >= 4 is 16.9 Å². The van der Waals surface area contributed by atoms with Crippen molar-refractivity contribution in [2.45, 2.75) is 19.4 Å². The third-order valence-corrected chi connectivity index (χ3v) is 3.63. The maximum Gasteiger partial charge on any atom is 0.279 e. The lowest BCUT2D eigenvalue weighted by Gasteiger charge is -2.16. The second kappa shape index (κ2) is 5.58. The average molecular weight is 274 g/mol. The fraction of sp³-hybridized carbons (Fsp3) is 0.500. The molecule has 0 aromatic carbocycles. The van der Waals surface area contributed by atoms with Crippen LogP contribution < -0.4 is 10.5 Å². The zero-order chi connectivity index (χ0) is 13.9. The molecule has 2 aromatic rings. The van der Waals surface area contributed by atoms with Crippen LogP contribution in [0, 0.1) is 0 Å². The Hall–Kier alpha value is -1.95. The van der Waals surface area contributed by atoms with Crippen molar-refractivity contribution in [1.82, 2.24) is 14.5 Å². The lowest BCUT2D eigenvalue weighted by atomic mass is 10.3. The first-order valence-electron chi connectivity index (χ1n) is 6.89. The number of hydrogen-bond acceptors (Lipinski definition) is 5. The Kier molecular flexibility index (Phi) is 3.64. The predicted octanol–water partition coefficient (Wildman–Crippen LogP) is 1.04. The molecule has 106 valence electrons. The van der Waals surface area contributed by atoms with E-state index in [0.29, 0.717) is 24.2 Å². The van der Waals surface area contributed by atoms with E-state index in [0.717, 1.165) is 18.9 Å². The van der Waals surface area contributed by atoms with E-state index in [9.17, 15) is 4.79 Å². The van der Waals surface area contributed by atoms with Crippen LogP contribution in [0.25, 0.3) is 11.0 Å². The second-order valence-corrected chi connectivity index (χ2v) is 4.97. The maximum atomic E-state index is 12.4. The highest BCUT2D eigenvalue weighted by Crippen LogP contribution is 2.19. The topological polar surface area (TPSA) is 60.2 Å². The summed E-state index contributed by atoms with van der Waals surface area (Å²) in [5.41, 5.74) is 0.979. The summed E-state index contributed by atoms with van der Waals surface area (Å²) in [5, 5.41) is 0. The summed E-state index contributed by atoms with van der Waals surface area (Å²) in [6, 6.07) is 3.82. The number of aromatic nitrogens is 3. The first-order chi connectivity index (χ1) is 9.79. The van der Waals surface area contributed by atoms with Crippen LogP contribution in [0.4, 0.5) is 5.82 Å². The minimum atomic E-state index is -0.104. The quantitative estimate of drug-likeness (QED) is 0.833. The summed E-state index contributed by atoms with van der Waals surface area (Å²) in [6.45, 7) is 3.00. The Labute approximate surface area is 117 Å². The van der Waals surface area contributed by atoms with Gasteiger partial charge in [-0.2, -0.15) is 0 Å². The summed E-state index contributed by atoms with van der Waals surface area (Å²) in [7, 11) is 1.61. The number of nitrogens with zero attached hydrogens (tertiary/aromatic N) is 4. The largest absolute Gasteiger partial charge is 0.383 e. The predicted molar refractivity (Wildman–Crippen MR) is 77.1 cm³/mol. The molecular formula is C14H18N4O2. The fourth-order valence-corrected chi connectivity index (χ4v) is 2.49. The Morgan fingerprint density at radius 2 is 2.10 bits per heavy atom. The first kappa shape index (κ1) is 13.1. The number of methoxy groups -OCH3 is 1. The van der Waals surface area contributed by atoms with E-state index >= 15 is 0 Å². The molecule has 1 fully saturated rings. The molecule has 0 bridgehead atoms. The van der Waals surface area contributed by atoms with Crippen LogP contribution in [0.1, 0.15) is 12.8 Å². The molecule has 6 heteroatoms. The van der Waals surface area contributed by atoms with Gasteiger partial charge in [-0.3, -0.25) is 9.36 Å². The molecule has 0 aliphatic carbocycles. The number of pyridine rings is 1. The number of ether oxygens (including phenoxy) is 1. The molecule has 0 radical (unpaired) electrons. The van der Waals surface area contributed by atoms with Gasteiger partial charge < -0.3 is 9.64 Å². The molecule has 20 heavy (non-hydrogen) atoms. The smallest absolute Gasteiger partial charge is 0.279 e. The van der Waals surface area contributed by atoms with Crippen LogP contribution in [0.5, 0.6) is 0 Å². The van der Waals surface area contributed by atoms with Gasteiger partial charge in [-0.25, -0.2) is 9.97 Å². The Morgan fingerprint density at radius 1 is 1.30 bits per heavy atom. The lowest BCUT2D eigenvalue weighted by molar-refractivity contribution is 0.186. The van der Waals surface area contributed by atoms with Crippen molar-refractivity contribution in [3.63, 3.8) is 0 Å². The van der Waals surface area contributed by atoms with Crippen molar-refractivity contribution in [2.75, 3.05) is 31.7 Å². The molecule has 3 rings (SSSR count). The second-order valence-electron chi connectivity index (χ2n) is 4.97. The first-order valence-corrected chi connectivity index (χ1v) is 6.89. The van der Waals surface area contributed by atoms with E-state index in [2.05, 4.69) is 14.9 Å². The van der Waals surface area contributed by atoms with Crippen LogP contribution >= 0.6 is 0 Å². The highest BCUT2D eigenvalue weighted by Gasteiger charge is 2.15. The van der Waals surface area contributed by atoms with E-state index in [1.165, 1.54) is 12.8 Å². The third-order valence-electron chi connectivity index (χ3n) is 3.63. The van der Waals surface area contributed by atoms with E-state index in [-0.39, 0.29) is 5.56 Å². The molecule has 1 saturated heterocycles. The third kappa shape index (κ3) is 2.38. The number of anilines is 1. The molecular weight excluding hydrogens is 256 g/mol. The average Bonchev–Trinajstić information content (AvgIpc) is 3.01. The molecule has 0 unspecified atom stereocenters. The summed E-state index contributed by atoms with van der Waals surface area (Å²) >= 11 is 0. The van der Waals surface area contributed by atoms with Crippen molar-refractivity contribution in [3.05, 3.63) is 28.8 Å². The monoisotopic (exact) mass is 274 g/mol. The zero-order valence-corrected chi connectivity index (χ0v) is 11.6. The SMILES string of the molecule is COCCn1cnc2ccc(N3CCCC3)nc2c1=O. The van der Waals surface area contributed by atoms with Gasteiger partial charge in [0.05, 0.1) is 25.0 Å². The molecule has 1 aliphatic heterocycles. The van der Waals surface area contributed by atoms with Crippen LogP contribution in [0.2, 0.25) is 0 Å². The molecule has 0 N–H and O–H groups in total. The minimum absolute atomic E-state index is 0.104. The van der Waals surface area contributed by atoms with Gasteiger partial charge in [-0.1, -0.05) is 0 Å². The summed E-state index contributed by atoms with van der Waals surface area (Å²) in [5.74, 6) is 0.874. The van der Waals surface area contributed by atoms with Crippen LogP contribution in [0.3, 0.4) is 0 Å². The van der Waals surface area contributed by atoms with Gasteiger partial charge in [0.2, 0.25) is 0 Å². The molecule has 6 nitrogen and oxygen atoms in total. The highest BCUT2D eigenvalue weighted by molar-refractivity contribution is 5.75. The molecule has 0 spiro atoms. The minimum Gasteiger partial charge on any atom is -0.383 e. The molecule has 2 aromatic heterocycles. The van der Waals surface area contributed by atoms with Crippen molar-refractivity contribution in [3.8, 4) is 0 Å². The highest BCUT2D eigenvalue weighted by atomic mass is 16.5. The molecule has 0 atom stereocenters. The summed E-state index contributed by atoms with van der Waals surface area (Å²) in [6.07, 6.45) is 3.93. The van der Waals surface area contributed by atoms with E-state index in [1.807, 2.05) is 12.1 Å². The summed E-state index contributed by atoms with van der Waals surface area (Å²) < 4.78 is 6.55. The van der Waals surface area contributed by atoms with Gasteiger partial charge in [0.25, 0.3) is 5.56 Å². The zero-order valence-electron chi connectivity index (χ0n) is 11.6. The van der Waals surface area contributed by atoms with Gasteiger partial charge in [0.1, 0.15) is 5.82 Å². The van der Waals surface area contributed by atoms with E-state index < -0.39 is 0 Å². The molecule has 1 aliphatic rings. The van der Waals surface area contributed by atoms with Crippen LogP contribution in [-0.4, -0.2) is 41.3 Å². The van der Waals surface area contributed by atoms with Gasteiger partial charge in [-0.05, 0) is 25.0 Å². The molecule has 3 heterocycles. The number of rotatable bonds is 4. The lowest BCUT2D eigenvalue weighted by Crippen LogP contribution is -2.25. The molecule has 0 saturated carbocycles. The Bertz CT molecular complexity index is 662. The van der Waals surface area contributed by atoms with Gasteiger partial charge >= 0.3 is 0 Å². The fourth-order valence-electron chi connectivity index (χ4n) is 2.49. The van der Waals surface area contributed by atoms with Crippen molar-refractivity contribution in [2.24, 2.45) is 0 Å². The van der Waals surface area contributed by atoms with Crippen LogP contribution in [0.15, 0.2) is 23.3 Å². The Morgan fingerprint density at radius 3 is 2.85 bits per heavy atom. The normalized spacial score (nSPS) is 15.2. The van der Waals surface area contributed by atoms with E-state index in [4.69, 9.17) is 4.74 Å². The number of hydrogen-bond donors (Lipinski definition) is 0. The maximum absolute atomic E-state index is 12.4. The van der Waals surface area contributed by atoms with Gasteiger partial charge in [0.15, 0.2) is 5.52 Å². The molecule has 0 amide bonds. The summed E-state index contributed by atoms with van der Waals surface area (Å²) in [4.78, 5) is 23.4. The number of fused-ring (bicyclic) bond motifs is 1. The van der Waals surface area contributed by atoms with Crippen molar-refractivity contribution in [1.29, 1.82) is 0 Å². The Balaban J connectivity index is 2.02. The van der Waals surface area contributed by atoms with E-state index in [1.54, 1.807) is 18.0 Å². The van der Waals surface area contributed by atoms with Gasteiger partial charge in [0, 0.05) is 20.2 Å². The van der Waals surface area contributed by atoms with Gasteiger partial charge in [-0.15, -0.1) is 0 Å². The van der Waals surface area contributed by atoms with Crippen LogP contribution in [-0.2, 0) is 11.3 Å².